The first-order chi connectivity index (χ1) is 13.2. The summed E-state index contributed by atoms with van der Waals surface area (Å²) in [5, 5.41) is 12.5. The van der Waals surface area contributed by atoms with Gasteiger partial charge in [0.1, 0.15) is 11.6 Å². The molecular weight excluding hydrogens is 346 g/mol. The van der Waals surface area contributed by atoms with Crippen LogP contribution in [0.1, 0.15) is 40.5 Å². The molecular formula is C18H21N7O2. The Morgan fingerprint density at radius 1 is 1.11 bits per heavy atom. The van der Waals surface area contributed by atoms with Crippen molar-refractivity contribution in [2.75, 3.05) is 31.1 Å². The normalized spacial score (nSPS) is 17.4. The molecule has 0 N–H and O–H groups in total. The van der Waals surface area contributed by atoms with Crippen LogP contribution in [0.5, 0.6) is 0 Å². The second kappa shape index (κ2) is 6.33. The highest BCUT2D eigenvalue weighted by molar-refractivity contribution is 5.94. The van der Waals surface area contributed by atoms with Crippen molar-refractivity contribution in [3.8, 4) is 0 Å². The van der Waals surface area contributed by atoms with Crippen molar-refractivity contribution in [1.29, 1.82) is 0 Å². The van der Waals surface area contributed by atoms with Gasteiger partial charge in [-0.3, -0.25) is 9.20 Å². The highest BCUT2D eigenvalue weighted by atomic mass is 16.5. The van der Waals surface area contributed by atoms with Crippen molar-refractivity contribution in [3.63, 3.8) is 0 Å². The molecule has 4 heterocycles. The van der Waals surface area contributed by atoms with Gasteiger partial charge in [-0.2, -0.15) is 0 Å². The third-order valence-electron chi connectivity index (χ3n) is 5.50. The van der Waals surface area contributed by atoms with Gasteiger partial charge in [0.05, 0.1) is 0 Å². The van der Waals surface area contributed by atoms with Crippen LogP contribution in [-0.2, 0) is 12.8 Å². The molecule has 2 aliphatic rings. The van der Waals surface area contributed by atoms with Crippen molar-refractivity contribution in [2.45, 2.75) is 32.6 Å². The highest BCUT2D eigenvalue weighted by Crippen LogP contribution is 2.26. The minimum Gasteiger partial charge on any atom is -0.360 e. The molecule has 0 saturated carbocycles. The van der Waals surface area contributed by atoms with Crippen LogP contribution in [0, 0.1) is 6.92 Å². The zero-order valence-electron chi connectivity index (χ0n) is 15.3. The zero-order valence-corrected chi connectivity index (χ0v) is 15.3. The number of hydrogen-bond acceptors (Lipinski definition) is 7. The number of amides is 1. The lowest BCUT2D eigenvalue weighted by Crippen LogP contribution is -2.49. The minimum absolute atomic E-state index is 0.0222. The zero-order chi connectivity index (χ0) is 18.4. The summed E-state index contributed by atoms with van der Waals surface area (Å²) in [5.41, 5.74) is 2.27. The van der Waals surface area contributed by atoms with Gasteiger partial charge in [0, 0.05) is 50.6 Å². The molecule has 1 fully saturated rings. The number of hydrogen-bond donors (Lipinski definition) is 0. The van der Waals surface area contributed by atoms with Crippen LogP contribution in [-0.4, -0.2) is 61.7 Å². The number of carbonyl (C=O) groups is 1. The number of fused-ring (bicyclic) bond motifs is 2. The summed E-state index contributed by atoms with van der Waals surface area (Å²) in [7, 11) is 0. The Kier molecular flexibility index (Phi) is 3.80. The number of rotatable bonds is 2. The van der Waals surface area contributed by atoms with Gasteiger partial charge in [-0.15, -0.1) is 10.2 Å². The Hall–Kier alpha value is -2.97. The molecule has 0 atom stereocenters. The van der Waals surface area contributed by atoms with E-state index in [1.807, 2.05) is 22.4 Å². The van der Waals surface area contributed by atoms with E-state index in [9.17, 15) is 4.79 Å². The SMILES string of the molecule is Cc1nnc2c(N3CCN(C(=O)c4noc5c4CCCC5)CC3)nccn12. The first kappa shape index (κ1) is 16.2. The molecule has 1 aliphatic heterocycles. The van der Waals surface area contributed by atoms with Crippen LogP contribution in [0.2, 0.25) is 0 Å². The monoisotopic (exact) mass is 367 g/mol. The van der Waals surface area contributed by atoms with Crippen LogP contribution < -0.4 is 4.90 Å². The lowest BCUT2D eigenvalue weighted by atomic mass is 9.96. The molecule has 3 aromatic heterocycles. The van der Waals surface area contributed by atoms with Crippen molar-refractivity contribution in [3.05, 3.63) is 35.2 Å². The van der Waals surface area contributed by atoms with Gasteiger partial charge in [0.15, 0.2) is 11.5 Å². The van der Waals surface area contributed by atoms with E-state index in [0.29, 0.717) is 31.9 Å². The van der Waals surface area contributed by atoms with E-state index in [-0.39, 0.29) is 5.91 Å². The maximum absolute atomic E-state index is 12.9. The molecule has 0 spiro atoms. The van der Waals surface area contributed by atoms with E-state index in [1.54, 1.807) is 6.20 Å². The van der Waals surface area contributed by atoms with E-state index >= 15 is 0 Å². The fourth-order valence-corrected chi connectivity index (χ4v) is 3.98. The topological polar surface area (TPSA) is 92.7 Å². The Morgan fingerprint density at radius 2 is 1.93 bits per heavy atom. The van der Waals surface area contributed by atoms with Crippen LogP contribution in [0.15, 0.2) is 16.9 Å². The molecule has 0 aromatic carbocycles. The van der Waals surface area contributed by atoms with Crippen molar-refractivity contribution < 1.29 is 9.32 Å². The predicted molar refractivity (Wildman–Crippen MR) is 96.8 cm³/mol. The summed E-state index contributed by atoms with van der Waals surface area (Å²) in [4.78, 5) is 21.4. The Morgan fingerprint density at radius 3 is 2.78 bits per heavy atom. The van der Waals surface area contributed by atoms with E-state index in [4.69, 9.17) is 4.52 Å². The van der Waals surface area contributed by atoms with E-state index in [0.717, 1.165) is 54.3 Å². The van der Waals surface area contributed by atoms with Crippen LogP contribution in [0.4, 0.5) is 5.82 Å². The van der Waals surface area contributed by atoms with Gasteiger partial charge in [-0.1, -0.05) is 5.16 Å². The molecule has 0 radical (unpaired) electrons. The van der Waals surface area contributed by atoms with Crippen molar-refractivity contribution in [2.24, 2.45) is 0 Å². The van der Waals surface area contributed by atoms with E-state index < -0.39 is 0 Å². The fourth-order valence-electron chi connectivity index (χ4n) is 3.98. The summed E-state index contributed by atoms with van der Waals surface area (Å²) in [5.74, 6) is 2.51. The minimum atomic E-state index is -0.0222. The Balaban J connectivity index is 1.33. The van der Waals surface area contributed by atoms with Gasteiger partial charge >= 0.3 is 0 Å². The largest absolute Gasteiger partial charge is 0.360 e. The fraction of sp³-hybridized carbons (Fsp3) is 0.500. The average molecular weight is 367 g/mol. The first-order valence-corrected chi connectivity index (χ1v) is 9.40. The molecule has 1 aliphatic carbocycles. The average Bonchev–Trinajstić information content (AvgIpc) is 3.32. The van der Waals surface area contributed by atoms with Gasteiger partial charge in [-0.05, 0) is 26.2 Å². The predicted octanol–water partition coefficient (Wildman–Crippen LogP) is 1.26. The van der Waals surface area contributed by atoms with Gasteiger partial charge in [0.25, 0.3) is 5.91 Å². The molecule has 5 rings (SSSR count). The van der Waals surface area contributed by atoms with Crippen LogP contribution in [0.3, 0.4) is 0 Å². The maximum atomic E-state index is 12.9. The molecule has 1 saturated heterocycles. The van der Waals surface area contributed by atoms with Crippen LogP contribution in [0.25, 0.3) is 5.65 Å². The number of aryl methyl sites for hydroxylation is 2. The molecule has 1 amide bonds. The highest BCUT2D eigenvalue weighted by Gasteiger charge is 2.30. The van der Waals surface area contributed by atoms with E-state index in [2.05, 4.69) is 25.2 Å². The third kappa shape index (κ3) is 2.65. The number of piperazine rings is 1. The summed E-state index contributed by atoms with van der Waals surface area (Å²) < 4.78 is 7.34. The lowest BCUT2D eigenvalue weighted by Gasteiger charge is -2.35. The third-order valence-corrected chi connectivity index (χ3v) is 5.50. The number of anilines is 1. The molecule has 9 nitrogen and oxygen atoms in total. The number of nitrogens with zero attached hydrogens (tertiary/aromatic N) is 7. The summed E-state index contributed by atoms with van der Waals surface area (Å²) in [6.07, 6.45) is 7.60. The molecule has 140 valence electrons. The summed E-state index contributed by atoms with van der Waals surface area (Å²) in [6.45, 7) is 4.56. The second-order valence-corrected chi connectivity index (χ2v) is 7.11. The van der Waals surface area contributed by atoms with Gasteiger partial charge in [-0.25, -0.2) is 4.98 Å². The van der Waals surface area contributed by atoms with Gasteiger partial charge < -0.3 is 14.3 Å². The molecule has 0 unspecified atom stereocenters. The van der Waals surface area contributed by atoms with Crippen molar-refractivity contribution in [1.82, 2.24) is 29.6 Å². The number of carbonyl (C=O) groups excluding carboxylic acids is 1. The molecule has 27 heavy (non-hydrogen) atoms. The van der Waals surface area contributed by atoms with Gasteiger partial charge in [0.2, 0.25) is 5.65 Å². The number of aromatic nitrogens is 5. The molecule has 9 heteroatoms. The molecule has 3 aromatic rings. The maximum Gasteiger partial charge on any atom is 0.276 e. The lowest BCUT2D eigenvalue weighted by molar-refractivity contribution is 0.0735. The first-order valence-electron chi connectivity index (χ1n) is 9.40. The summed E-state index contributed by atoms with van der Waals surface area (Å²) >= 11 is 0. The standard InChI is InChI=1S/C18H21N7O2/c1-12-20-21-17-16(19-6-7-25(12)17)23-8-10-24(11-9-23)18(26)15-13-4-2-3-5-14(13)27-22-15/h6-7H,2-5,8-11H2,1H3. The quantitative estimate of drug-likeness (QED) is 0.673. The summed E-state index contributed by atoms with van der Waals surface area (Å²) in [6, 6.07) is 0. The van der Waals surface area contributed by atoms with Crippen molar-refractivity contribution >= 4 is 17.4 Å². The molecule has 0 bridgehead atoms. The smallest absolute Gasteiger partial charge is 0.276 e. The Bertz CT molecular complexity index is 1000. The van der Waals surface area contributed by atoms with E-state index in [1.165, 1.54) is 0 Å². The Labute approximate surface area is 156 Å². The second-order valence-electron chi connectivity index (χ2n) is 7.11. The van der Waals surface area contributed by atoms with Crippen LogP contribution >= 0.6 is 0 Å².